The van der Waals surface area contributed by atoms with E-state index in [2.05, 4.69) is 26.7 Å². The molecular weight excluding hydrogens is 377 g/mol. The SMILES string of the molecule is Cn1c(C(F)(F)F)cc(=O)n(-c2ccc3snc(N=C=S)c3c2)c1=O. The first-order valence-corrected chi connectivity index (χ1v) is 7.80. The van der Waals surface area contributed by atoms with Crippen molar-refractivity contribution < 1.29 is 13.2 Å². The highest BCUT2D eigenvalue weighted by atomic mass is 32.1. The number of alkyl halides is 3. The molecule has 0 saturated heterocycles. The maximum absolute atomic E-state index is 12.9. The van der Waals surface area contributed by atoms with Gasteiger partial charge in [0, 0.05) is 18.5 Å². The first-order chi connectivity index (χ1) is 11.7. The predicted molar refractivity (Wildman–Crippen MR) is 90.1 cm³/mol. The number of aliphatic imine (C=N–C) groups is 1. The van der Waals surface area contributed by atoms with Gasteiger partial charge in [-0.05, 0) is 41.9 Å². The van der Waals surface area contributed by atoms with Crippen molar-refractivity contribution in [3.63, 3.8) is 0 Å². The van der Waals surface area contributed by atoms with E-state index in [9.17, 15) is 22.8 Å². The molecule has 2 aromatic heterocycles. The van der Waals surface area contributed by atoms with Crippen LogP contribution >= 0.6 is 23.8 Å². The van der Waals surface area contributed by atoms with Gasteiger partial charge in [-0.3, -0.25) is 9.36 Å². The molecule has 11 heteroatoms. The van der Waals surface area contributed by atoms with Crippen molar-refractivity contribution in [2.24, 2.45) is 12.0 Å². The van der Waals surface area contributed by atoms with Crippen molar-refractivity contribution in [1.29, 1.82) is 0 Å². The summed E-state index contributed by atoms with van der Waals surface area (Å²) in [5.41, 5.74) is -3.41. The minimum absolute atomic E-state index is 0.104. The monoisotopic (exact) mass is 384 g/mol. The average Bonchev–Trinajstić information content (AvgIpc) is 2.93. The third kappa shape index (κ3) is 2.93. The van der Waals surface area contributed by atoms with Crippen molar-refractivity contribution in [3.8, 4) is 5.69 Å². The van der Waals surface area contributed by atoms with Crippen LogP contribution in [0.4, 0.5) is 19.0 Å². The summed E-state index contributed by atoms with van der Waals surface area (Å²) in [5, 5.41) is 2.68. The van der Waals surface area contributed by atoms with Gasteiger partial charge in [-0.15, -0.1) is 0 Å². The molecule has 1 aromatic carbocycles. The second-order valence-corrected chi connectivity index (χ2v) is 5.92. The molecule has 0 aliphatic carbocycles. The van der Waals surface area contributed by atoms with Crippen molar-refractivity contribution in [3.05, 3.63) is 50.8 Å². The van der Waals surface area contributed by atoms with Crippen LogP contribution in [-0.2, 0) is 13.2 Å². The molecule has 0 amide bonds. The lowest BCUT2D eigenvalue weighted by Gasteiger charge is -2.13. The molecule has 25 heavy (non-hydrogen) atoms. The number of isothiocyanates is 1. The fourth-order valence-corrected chi connectivity index (χ4v) is 3.10. The maximum Gasteiger partial charge on any atom is 0.431 e. The fourth-order valence-electron chi connectivity index (χ4n) is 2.31. The highest BCUT2D eigenvalue weighted by molar-refractivity contribution is 7.78. The average molecular weight is 384 g/mol. The van der Waals surface area contributed by atoms with Gasteiger partial charge in [0.25, 0.3) is 5.56 Å². The van der Waals surface area contributed by atoms with Crippen molar-refractivity contribution in [1.82, 2.24) is 13.5 Å². The number of aromatic nitrogens is 3. The molecule has 0 atom stereocenters. The Morgan fingerprint density at radius 1 is 1.28 bits per heavy atom. The number of thiocarbonyl (C=S) groups is 1. The van der Waals surface area contributed by atoms with Crippen LogP contribution in [0, 0.1) is 0 Å². The van der Waals surface area contributed by atoms with E-state index in [1.165, 1.54) is 12.1 Å². The summed E-state index contributed by atoms with van der Waals surface area (Å²) >= 11 is 5.66. The molecule has 0 aliphatic heterocycles. The molecule has 0 unspecified atom stereocenters. The topological polar surface area (TPSA) is 69.2 Å². The molecular formula is C14H7F3N4O2S2. The van der Waals surface area contributed by atoms with E-state index >= 15 is 0 Å². The molecule has 0 radical (unpaired) electrons. The van der Waals surface area contributed by atoms with Gasteiger partial charge in [-0.1, -0.05) is 0 Å². The van der Waals surface area contributed by atoms with E-state index in [1.54, 1.807) is 6.07 Å². The molecule has 0 N–H and O–H groups in total. The second-order valence-electron chi connectivity index (χ2n) is 4.93. The summed E-state index contributed by atoms with van der Waals surface area (Å²) in [6.45, 7) is 0. The summed E-state index contributed by atoms with van der Waals surface area (Å²) in [6, 6.07) is 4.86. The summed E-state index contributed by atoms with van der Waals surface area (Å²) in [7, 11) is 0.952. The number of nitrogens with zero attached hydrogens (tertiary/aromatic N) is 4. The predicted octanol–water partition coefficient (Wildman–Crippen LogP) is 2.90. The lowest BCUT2D eigenvalue weighted by molar-refractivity contribution is -0.144. The number of fused-ring (bicyclic) bond motifs is 1. The van der Waals surface area contributed by atoms with Crippen LogP contribution in [0.3, 0.4) is 0 Å². The van der Waals surface area contributed by atoms with E-state index in [4.69, 9.17) is 0 Å². The van der Waals surface area contributed by atoms with Crippen molar-refractivity contribution in [2.45, 2.75) is 6.18 Å². The summed E-state index contributed by atoms with van der Waals surface area (Å²) < 4.78 is 44.5. The Bertz CT molecular complexity index is 1150. The molecule has 128 valence electrons. The van der Waals surface area contributed by atoms with E-state index in [-0.39, 0.29) is 11.5 Å². The summed E-state index contributed by atoms with van der Waals surface area (Å²) in [6.07, 6.45) is -4.81. The van der Waals surface area contributed by atoms with Crippen LogP contribution < -0.4 is 11.2 Å². The zero-order chi connectivity index (χ0) is 18.4. The Kier molecular flexibility index (Phi) is 4.15. The lowest BCUT2D eigenvalue weighted by atomic mass is 10.2. The standard InChI is InChI=1S/C14H7F3N4O2S2/c1-20-10(14(15,16)17)5-11(22)21(13(20)23)7-2-3-9-8(4-7)12(18-6-24)19-25-9/h2-5H,1H3. The molecule has 0 spiro atoms. The van der Waals surface area contributed by atoms with Gasteiger partial charge in [0.05, 0.1) is 15.5 Å². The zero-order valence-electron chi connectivity index (χ0n) is 12.4. The van der Waals surface area contributed by atoms with Crippen LogP contribution in [0.25, 0.3) is 15.8 Å². The summed E-state index contributed by atoms with van der Waals surface area (Å²) in [5.74, 6) is 0.258. The minimum atomic E-state index is -4.81. The molecule has 2 heterocycles. The van der Waals surface area contributed by atoms with E-state index in [0.717, 1.165) is 18.6 Å². The van der Waals surface area contributed by atoms with Gasteiger partial charge in [-0.2, -0.15) is 22.5 Å². The van der Waals surface area contributed by atoms with Crippen LogP contribution in [-0.4, -0.2) is 18.7 Å². The van der Waals surface area contributed by atoms with Crippen molar-refractivity contribution in [2.75, 3.05) is 0 Å². The highest BCUT2D eigenvalue weighted by Gasteiger charge is 2.35. The Morgan fingerprint density at radius 3 is 2.64 bits per heavy atom. The number of halogens is 3. The Balaban J connectivity index is 2.30. The highest BCUT2D eigenvalue weighted by Crippen LogP contribution is 2.30. The van der Waals surface area contributed by atoms with Crippen LogP contribution in [0.15, 0.2) is 38.8 Å². The number of hydrogen-bond acceptors (Lipinski definition) is 6. The normalized spacial score (nSPS) is 11.5. The molecule has 3 aromatic rings. The van der Waals surface area contributed by atoms with Crippen molar-refractivity contribution >= 4 is 44.8 Å². The van der Waals surface area contributed by atoms with Crippen LogP contribution in [0.2, 0.25) is 0 Å². The smallest absolute Gasteiger partial charge is 0.292 e. The van der Waals surface area contributed by atoms with Gasteiger partial charge in [0.2, 0.25) is 0 Å². The number of hydrogen-bond donors (Lipinski definition) is 0. The Hall–Kier alpha value is -2.62. The second kappa shape index (κ2) is 6.03. The molecule has 3 rings (SSSR count). The van der Waals surface area contributed by atoms with Gasteiger partial charge < -0.3 is 0 Å². The van der Waals surface area contributed by atoms with Gasteiger partial charge in [-0.25, -0.2) is 9.36 Å². The quantitative estimate of drug-likeness (QED) is 0.503. The number of rotatable bonds is 2. The molecule has 6 nitrogen and oxygen atoms in total. The maximum atomic E-state index is 12.9. The largest absolute Gasteiger partial charge is 0.431 e. The van der Waals surface area contributed by atoms with Crippen LogP contribution in [0.5, 0.6) is 0 Å². The molecule has 0 saturated carbocycles. The fraction of sp³-hybridized carbons (Fsp3) is 0.143. The van der Waals surface area contributed by atoms with Gasteiger partial charge in [0.15, 0.2) is 5.82 Å². The zero-order valence-corrected chi connectivity index (χ0v) is 14.0. The number of benzene rings is 1. The summed E-state index contributed by atoms with van der Waals surface area (Å²) in [4.78, 5) is 28.2. The van der Waals surface area contributed by atoms with E-state index < -0.39 is 23.1 Å². The Labute approximate surface area is 146 Å². The van der Waals surface area contributed by atoms with E-state index in [1.807, 2.05) is 0 Å². The third-order valence-electron chi connectivity index (χ3n) is 3.45. The lowest BCUT2D eigenvalue weighted by Crippen LogP contribution is -2.40. The molecule has 0 aliphatic rings. The van der Waals surface area contributed by atoms with Crippen LogP contribution in [0.1, 0.15) is 5.69 Å². The van der Waals surface area contributed by atoms with Gasteiger partial charge >= 0.3 is 11.9 Å². The minimum Gasteiger partial charge on any atom is -0.292 e. The van der Waals surface area contributed by atoms with Gasteiger partial charge in [0.1, 0.15) is 5.69 Å². The first kappa shape index (κ1) is 17.2. The molecule has 0 fully saturated rings. The molecule has 0 bridgehead atoms. The Morgan fingerprint density at radius 2 is 2.00 bits per heavy atom. The first-order valence-electron chi connectivity index (χ1n) is 6.62. The van der Waals surface area contributed by atoms with E-state index in [0.29, 0.717) is 25.3 Å². The third-order valence-corrected chi connectivity index (χ3v) is 4.36.